The first kappa shape index (κ1) is 19.6. The molecule has 2 atom stereocenters. The number of imide groups is 1. The van der Waals surface area contributed by atoms with Crippen LogP contribution in [0.15, 0.2) is 48.5 Å². The molecule has 8 nitrogen and oxygen atoms in total. The molecule has 154 valence electrons. The number of ether oxygens (including phenoxy) is 2. The van der Waals surface area contributed by atoms with Gasteiger partial charge in [-0.25, -0.2) is 14.4 Å². The molecule has 2 aliphatic heterocycles. The van der Waals surface area contributed by atoms with E-state index in [1.165, 1.54) is 19.1 Å². The van der Waals surface area contributed by atoms with E-state index in [2.05, 4.69) is 5.32 Å². The van der Waals surface area contributed by atoms with Crippen molar-refractivity contribution in [2.24, 2.45) is 0 Å². The number of carbonyl (C=O) groups excluding carboxylic acids is 4. The van der Waals surface area contributed by atoms with Crippen molar-refractivity contribution < 1.29 is 28.7 Å². The quantitative estimate of drug-likeness (QED) is 0.779. The van der Waals surface area contributed by atoms with Crippen molar-refractivity contribution >= 4 is 23.9 Å². The summed E-state index contributed by atoms with van der Waals surface area (Å²) >= 11 is 0. The number of carbonyl (C=O) groups is 4. The maximum absolute atomic E-state index is 12.6. The van der Waals surface area contributed by atoms with E-state index in [0.29, 0.717) is 24.1 Å². The molecule has 0 aromatic heterocycles. The van der Waals surface area contributed by atoms with Crippen LogP contribution < -0.4 is 5.32 Å². The molecule has 2 aromatic rings. The number of nitrogens with one attached hydrogen (secondary N) is 1. The molecular formula is C22H20N2O6. The highest BCUT2D eigenvalue weighted by Gasteiger charge is 2.32. The van der Waals surface area contributed by atoms with E-state index in [1.807, 2.05) is 30.3 Å². The molecule has 0 spiro atoms. The lowest BCUT2D eigenvalue weighted by Crippen LogP contribution is -2.41. The number of hydrogen-bond acceptors (Lipinski definition) is 6. The lowest BCUT2D eigenvalue weighted by Gasteiger charge is -2.25. The molecule has 30 heavy (non-hydrogen) atoms. The van der Waals surface area contributed by atoms with Gasteiger partial charge in [0.1, 0.15) is 6.10 Å². The third-order valence-electron chi connectivity index (χ3n) is 5.14. The standard InChI is InChI=1S/C22H20N2O6/c1-13(19(25)24-10-9-23-22(24)28)29-20(26)15-7-8-17-16(11-15)12-18(30-21(17)27)14-5-3-2-4-6-14/h2-8,11,13,18H,9-10,12H2,1H3,(H,23,28)/t13-,18-/m0/s1. The first-order valence-electron chi connectivity index (χ1n) is 9.63. The van der Waals surface area contributed by atoms with E-state index in [4.69, 9.17) is 9.47 Å². The van der Waals surface area contributed by atoms with Crippen molar-refractivity contribution in [1.82, 2.24) is 10.2 Å². The number of fused-ring (bicyclic) bond motifs is 1. The molecule has 1 N–H and O–H groups in total. The zero-order chi connectivity index (χ0) is 21.3. The molecule has 0 saturated carbocycles. The lowest BCUT2D eigenvalue weighted by molar-refractivity contribution is -0.136. The summed E-state index contributed by atoms with van der Waals surface area (Å²) in [5, 5.41) is 2.53. The first-order chi connectivity index (χ1) is 14.4. The van der Waals surface area contributed by atoms with Crippen LogP contribution in [0.25, 0.3) is 0 Å². The molecule has 3 amide bonds. The molecule has 0 unspecified atom stereocenters. The molecule has 1 saturated heterocycles. The van der Waals surface area contributed by atoms with Crippen LogP contribution in [-0.4, -0.2) is 48.0 Å². The minimum Gasteiger partial charge on any atom is -0.454 e. The van der Waals surface area contributed by atoms with Crippen LogP contribution in [0.3, 0.4) is 0 Å². The summed E-state index contributed by atoms with van der Waals surface area (Å²) in [4.78, 5) is 49.9. The van der Waals surface area contributed by atoms with Gasteiger partial charge in [0, 0.05) is 19.5 Å². The summed E-state index contributed by atoms with van der Waals surface area (Å²) in [7, 11) is 0. The Hall–Kier alpha value is -3.68. The summed E-state index contributed by atoms with van der Waals surface area (Å²) in [5.74, 6) is -1.73. The Balaban J connectivity index is 1.49. The van der Waals surface area contributed by atoms with Gasteiger partial charge in [-0.15, -0.1) is 0 Å². The third-order valence-corrected chi connectivity index (χ3v) is 5.14. The topological polar surface area (TPSA) is 102 Å². The molecule has 0 radical (unpaired) electrons. The van der Waals surface area contributed by atoms with Gasteiger partial charge in [0.2, 0.25) is 0 Å². The summed E-state index contributed by atoms with van der Waals surface area (Å²) in [6.45, 7) is 2.03. The monoisotopic (exact) mass is 408 g/mol. The van der Waals surface area contributed by atoms with Gasteiger partial charge in [-0.1, -0.05) is 30.3 Å². The Morgan fingerprint density at radius 2 is 1.93 bits per heavy atom. The van der Waals surface area contributed by atoms with Crippen molar-refractivity contribution in [3.8, 4) is 0 Å². The molecule has 0 aliphatic carbocycles. The van der Waals surface area contributed by atoms with Gasteiger partial charge >= 0.3 is 18.0 Å². The fourth-order valence-electron chi connectivity index (χ4n) is 3.56. The molecule has 4 rings (SSSR count). The maximum Gasteiger partial charge on any atom is 0.339 e. The van der Waals surface area contributed by atoms with Gasteiger partial charge in [0.15, 0.2) is 6.10 Å². The first-order valence-corrected chi connectivity index (χ1v) is 9.63. The molecule has 2 aliphatic rings. The van der Waals surface area contributed by atoms with Crippen LogP contribution in [0.2, 0.25) is 0 Å². The fraction of sp³-hybridized carbons (Fsp3) is 0.273. The van der Waals surface area contributed by atoms with Crippen LogP contribution in [0.4, 0.5) is 4.79 Å². The SMILES string of the molecule is C[C@H](OC(=O)c1ccc2c(c1)C[C@@H](c1ccccc1)OC2=O)C(=O)N1CCNC1=O. The number of nitrogens with zero attached hydrogens (tertiary/aromatic N) is 1. The summed E-state index contributed by atoms with van der Waals surface area (Å²) in [6, 6.07) is 13.4. The van der Waals surface area contributed by atoms with Gasteiger partial charge in [-0.05, 0) is 36.2 Å². The number of amides is 3. The van der Waals surface area contributed by atoms with Crippen molar-refractivity contribution in [1.29, 1.82) is 0 Å². The smallest absolute Gasteiger partial charge is 0.339 e. The van der Waals surface area contributed by atoms with Crippen molar-refractivity contribution in [2.45, 2.75) is 25.6 Å². The van der Waals surface area contributed by atoms with Gasteiger partial charge in [0.05, 0.1) is 11.1 Å². The predicted octanol–water partition coefficient (Wildman–Crippen LogP) is 2.24. The average Bonchev–Trinajstić information content (AvgIpc) is 3.19. The van der Waals surface area contributed by atoms with Gasteiger partial charge < -0.3 is 14.8 Å². The lowest BCUT2D eigenvalue weighted by atomic mass is 9.93. The Bertz CT molecular complexity index is 1020. The summed E-state index contributed by atoms with van der Waals surface area (Å²) in [6.07, 6.45) is -1.12. The highest BCUT2D eigenvalue weighted by atomic mass is 16.6. The van der Waals surface area contributed by atoms with E-state index < -0.39 is 36.1 Å². The minimum absolute atomic E-state index is 0.223. The molecular weight excluding hydrogens is 388 g/mol. The number of esters is 2. The Morgan fingerprint density at radius 3 is 2.63 bits per heavy atom. The second-order valence-corrected chi connectivity index (χ2v) is 7.15. The molecule has 2 heterocycles. The second-order valence-electron chi connectivity index (χ2n) is 7.15. The van der Waals surface area contributed by atoms with E-state index in [1.54, 1.807) is 6.07 Å². The second kappa shape index (κ2) is 7.98. The van der Waals surface area contributed by atoms with E-state index in [9.17, 15) is 19.2 Å². The van der Waals surface area contributed by atoms with Crippen molar-refractivity contribution in [2.75, 3.05) is 13.1 Å². The van der Waals surface area contributed by atoms with Crippen LogP contribution >= 0.6 is 0 Å². The molecule has 8 heteroatoms. The minimum atomic E-state index is -1.11. The molecule has 1 fully saturated rings. The van der Waals surface area contributed by atoms with E-state index in [-0.39, 0.29) is 12.1 Å². The van der Waals surface area contributed by atoms with E-state index in [0.717, 1.165) is 10.5 Å². The highest BCUT2D eigenvalue weighted by Crippen LogP contribution is 2.31. The molecule has 0 bridgehead atoms. The molecule has 2 aromatic carbocycles. The number of hydrogen-bond donors (Lipinski definition) is 1. The van der Waals surface area contributed by atoms with E-state index >= 15 is 0 Å². The fourth-order valence-corrected chi connectivity index (χ4v) is 3.56. The number of cyclic esters (lactones) is 1. The average molecular weight is 408 g/mol. The normalized spacial score (nSPS) is 18.8. The van der Waals surface area contributed by atoms with Gasteiger partial charge in [-0.2, -0.15) is 0 Å². The van der Waals surface area contributed by atoms with Crippen LogP contribution in [0.5, 0.6) is 0 Å². The van der Waals surface area contributed by atoms with Crippen molar-refractivity contribution in [3.63, 3.8) is 0 Å². The van der Waals surface area contributed by atoms with Crippen LogP contribution in [0, 0.1) is 0 Å². The Morgan fingerprint density at radius 1 is 1.17 bits per heavy atom. The van der Waals surface area contributed by atoms with Gasteiger partial charge in [0.25, 0.3) is 5.91 Å². The van der Waals surface area contributed by atoms with Crippen LogP contribution in [-0.2, 0) is 20.7 Å². The Kier molecular flexibility index (Phi) is 5.22. The van der Waals surface area contributed by atoms with Crippen molar-refractivity contribution in [3.05, 3.63) is 70.8 Å². The number of benzene rings is 2. The highest BCUT2D eigenvalue weighted by molar-refractivity contribution is 6.00. The largest absolute Gasteiger partial charge is 0.454 e. The predicted molar refractivity (Wildman–Crippen MR) is 105 cm³/mol. The summed E-state index contributed by atoms with van der Waals surface area (Å²) < 4.78 is 10.8. The zero-order valence-corrected chi connectivity index (χ0v) is 16.3. The van der Waals surface area contributed by atoms with Crippen LogP contribution in [0.1, 0.15) is 44.9 Å². The Labute approximate surface area is 172 Å². The third kappa shape index (κ3) is 3.76. The zero-order valence-electron chi connectivity index (χ0n) is 16.3. The van der Waals surface area contributed by atoms with Gasteiger partial charge in [-0.3, -0.25) is 9.69 Å². The maximum atomic E-state index is 12.6. The number of rotatable bonds is 4. The summed E-state index contributed by atoms with van der Waals surface area (Å²) in [5.41, 5.74) is 2.16. The number of urea groups is 1.